The molecule has 0 saturated heterocycles. The number of hydrogen-bond donors (Lipinski definition) is 1. The van der Waals surface area contributed by atoms with Gasteiger partial charge in [-0.15, -0.1) is 11.3 Å². The fourth-order valence-electron chi connectivity index (χ4n) is 2.74. The molecule has 156 valence electrons. The Morgan fingerprint density at radius 1 is 1.26 bits per heavy atom. The van der Waals surface area contributed by atoms with Gasteiger partial charge in [0.15, 0.2) is 5.75 Å². The van der Waals surface area contributed by atoms with Gasteiger partial charge >= 0.3 is 5.69 Å². The van der Waals surface area contributed by atoms with Gasteiger partial charge in [0.2, 0.25) is 0 Å². The highest BCUT2D eigenvalue weighted by atomic mass is 32.1. The highest BCUT2D eigenvalue weighted by Gasteiger charge is 2.17. The van der Waals surface area contributed by atoms with Crippen molar-refractivity contribution in [3.05, 3.63) is 78.8 Å². The quantitative estimate of drug-likeness (QED) is 0.311. The van der Waals surface area contributed by atoms with Gasteiger partial charge in [-0.3, -0.25) is 20.2 Å². The normalized spacial score (nSPS) is 10.9. The van der Waals surface area contributed by atoms with E-state index < -0.39 is 9.85 Å². The minimum Gasteiger partial charge on any atom is -0.490 e. The van der Waals surface area contributed by atoms with Gasteiger partial charge in [-0.05, 0) is 12.5 Å². The SMILES string of the molecule is COc1cc(N/C=C(\C#N)c2nc(-c3cccc([N+](=O)[O-])c3)cs2)c(C)cc1[N+](=O)[O-]. The van der Waals surface area contributed by atoms with Crippen molar-refractivity contribution in [2.24, 2.45) is 0 Å². The number of nitriles is 1. The maximum Gasteiger partial charge on any atom is 0.311 e. The molecule has 0 saturated carbocycles. The zero-order chi connectivity index (χ0) is 22.5. The van der Waals surface area contributed by atoms with Crippen molar-refractivity contribution >= 4 is 34.0 Å². The maximum atomic E-state index is 11.1. The predicted molar refractivity (Wildman–Crippen MR) is 116 cm³/mol. The Balaban J connectivity index is 1.89. The van der Waals surface area contributed by atoms with Crippen LogP contribution in [0.4, 0.5) is 17.1 Å². The molecule has 0 fully saturated rings. The van der Waals surface area contributed by atoms with Crippen molar-refractivity contribution in [1.82, 2.24) is 4.98 Å². The number of benzene rings is 2. The van der Waals surface area contributed by atoms with E-state index in [-0.39, 0.29) is 22.7 Å². The smallest absolute Gasteiger partial charge is 0.311 e. The second-order valence-electron chi connectivity index (χ2n) is 6.26. The Kier molecular flexibility index (Phi) is 6.23. The molecule has 1 N–H and O–H groups in total. The van der Waals surface area contributed by atoms with E-state index in [1.54, 1.807) is 24.4 Å². The monoisotopic (exact) mass is 437 g/mol. The van der Waals surface area contributed by atoms with Gasteiger partial charge in [-0.2, -0.15) is 5.26 Å². The topological polar surface area (TPSA) is 144 Å². The van der Waals surface area contributed by atoms with E-state index in [9.17, 15) is 25.5 Å². The summed E-state index contributed by atoms with van der Waals surface area (Å²) in [6.07, 6.45) is 1.45. The van der Waals surface area contributed by atoms with Crippen molar-refractivity contribution in [2.45, 2.75) is 6.92 Å². The molecule has 0 unspecified atom stereocenters. The zero-order valence-electron chi connectivity index (χ0n) is 16.4. The number of ether oxygens (including phenoxy) is 1. The molecule has 0 aliphatic heterocycles. The second-order valence-corrected chi connectivity index (χ2v) is 7.11. The van der Waals surface area contributed by atoms with Gasteiger partial charge in [0, 0.05) is 47.1 Å². The Labute approximate surface area is 180 Å². The van der Waals surface area contributed by atoms with Crippen LogP contribution >= 0.6 is 11.3 Å². The van der Waals surface area contributed by atoms with Crippen LogP contribution in [0.15, 0.2) is 48.0 Å². The van der Waals surface area contributed by atoms with Gasteiger partial charge in [-0.25, -0.2) is 4.98 Å². The first kappa shape index (κ1) is 21.4. The molecule has 31 heavy (non-hydrogen) atoms. The molecular weight excluding hydrogens is 422 g/mol. The molecule has 0 amide bonds. The zero-order valence-corrected chi connectivity index (χ0v) is 17.2. The van der Waals surface area contributed by atoms with Crippen LogP contribution < -0.4 is 10.1 Å². The number of hydrogen-bond acceptors (Lipinski definition) is 9. The van der Waals surface area contributed by atoms with Gasteiger partial charge in [0.05, 0.1) is 22.7 Å². The molecule has 0 atom stereocenters. The number of nitrogens with one attached hydrogen (secondary N) is 1. The Morgan fingerprint density at radius 2 is 2.03 bits per heavy atom. The van der Waals surface area contributed by atoms with E-state index in [0.717, 1.165) is 0 Å². The molecule has 1 aromatic heterocycles. The molecular formula is C20H15N5O5S. The van der Waals surface area contributed by atoms with Crippen molar-refractivity contribution in [3.63, 3.8) is 0 Å². The third kappa shape index (κ3) is 4.65. The summed E-state index contributed by atoms with van der Waals surface area (Å²) in [5.41, 5.74) is 2.24. The molecule has 0 bridgehead atoms. The fourth-order valence-corrected chi connectivity index (χ4v) is 3.53. The average Bonchev–Trinajstić information content (AvgIpc) is 3.25. The van der Waals surface area contributed by atoms with Gasteiger partial charge < -0.3 is 10.1 Å². The summed E-state index contributed by atoms with van der Waals surface area (Å²) >= 11 is 1.22. The van der Waals surface area contributed by atoms with E-state index in [0.29, 0.717) is 27.5 Å². The number of methoxy groups -OCH3 is 1. The van der Waals surface area contributed by atoms with Crippen LogP contribution in [0.25, 0.3) is 16.8 Å². The Hall–Kier alpha value is -4.30. The number of nitro groups is 2. The number of non-ortho nitro benzene ring substituents is 1. The molecule has 2 aromatic carbocycles. The molecule has 3 rings (SSSR count). The average molecular weight is 437 g/mol. The predicted octanol–water partition coefficient (Wildman–Crippen LogP) is 4.92. The number of aryl methyl sites for hydroxylation is 1. The lowest BCUT2D eigenvalue weighted by Crippen LogP contribution is -1.99. The summed E-state index contributed by atoms with van der Waals surface area (Å²) in [6, 6.07) is 11.0. The van der Waals surface area contributed by atoms with Crippen LogP contribution in [-0.4, -0.2) is 21.9 Å². The van der Waals surface area contributed by atoms with Crippen LogP contribution in [0.1, 0.15) is 10.6 Å². The number of rotatable bonds is 7. The number of aromatic nitrogens is 1. The van der Waals surface area contributed by atoms with Crippen LogP contribution in [0.2, 0.25) is 0 Å². The molecule has 0 radical (unpaired) electrons. The summed E-state index contributed by atoms with van der Waals surface area (Å²) in [7, 11) is 1.34. The number of nitro benzene ring substituents is 2. The first-order valence-electron chi connectivity index (χ1n) is 8.74. The van der Waals surface area contributed by atoms with E-state index in [4.69, 9.17) is 4.74 Å². The van der Waals surface area contributed by atoms with E-state index in [1.165, 1.54) is 48.9 Å². The first-order chi connectivity index (χ1) is 14.8. The molecule has 10 nitrogen and oxygen atoms in total. The van der Waals surface area contributed by atoms with Gasteiger partial charge in [0.25, 0.3) is 5.69 Å². The standard InChI is InChI=1S/C20H15N5O5S/c1-12-6-18(25(28)29)19(30-2)8-16(12)22-10-14(9-21)20-23-17(11-31-20)13-4-3-5-15(7-13)24(26)27/h3-8,10-11,22H,1-2H3/b14-10+. The number of thiazole rings is 1. The number of nitrogens with zero attached hydrogens (tertiary/aromatic N) is 4. The third-order valence-corrected chi connectivity index (χ3v) is 5.18. The fraction of sp³-hybridized carbons (Fsp3) is 0.100. The first-order valence-corrected chi connectivity index (χ1v) is 9.62. The van der Waals surface area contributed by atoms with Crippen molar-refractivity contribution in [2.75, 3.05) is 12.4 Å². The summed E-state index contributed by atoms with van der Waals surface area (Å²) < 4.78 is 5.07. The van der Waals surface area contributed by atoms with E-state index in [1.807, 2.05) is 0 Å². The highest BCUT2D eigenvalue weighted by Crippen LogP contribution is 2.33. The number of allylic oxidation sites excluding steroid dienone is 1. The Morgan fingerprint density at radius 3 is 2.68 bits per heavy atom. The largest absolute Gasteiger partial charge is 0.490 e. The lowest BCUT2D eigenvalue weighted by atomic mass is 10.1. The van der Waals surface area contributed by atoms with Gasteiger partial charge in [0.1, 0.15) is 16.6 Å². The molecule has 11 heteroatoms. The second kappa shape index (κ2) is 9.02. The summed E-state index contributed by atoms with van der Waals surface area (Å²) in [5.74, 6) is 0.0900. The lowest BCUT2D eigenvalue weighted by molar-refractivity contribution is -0.385. The van der Waals surface area contributed by atoms with E-state index in [2.05, 4.69) is 16.4 Å². The molecule has 1 heterocycles. The van der Waals surface area contributed by atoms with Crippen molar-refractivity contribution < 1.29 is 14.6 Å². The van der Waals surface area contributed by atoms with Crippen LogP contribution in [0.5, 0.6) is 5.75 Å². The van der Waals surface area contributed by atoms with Crippen LogP contribution in [0, 0.1) is 38.5 Å². The summed E-state index contributed by atoms with van der Waals surface area (Å²) in [6.45, 7) is 1.69. The molecule has 3 aromatic rings. The summed E-state index contributed by atoms with van der Waals surface area (Å²) in [5, 5.41) is 36.7. The van der Waals surface area contributed by atoms with Crippen molar-refractivity contribution in [1.29, 1.82) is 5.26 Å². The Bertz CT molecular complexity index is 1240. The van der Waals surface area contributed by atoms with Crippen LogP contribution in [0.3, 0.4) is 0 Å². The summed E-state index contributed by atoms with van der Waals surface area (Å²) in [4.78, 5) is 25.5. The highest BCUT2D eigenvalue weighted by molar-refractivity contribution is 7.11. The molecule has 0 aliphatic rings. The lowest BCUT2D eigenvalue weighted by Gasteiger charge is -2.09. The minimum absolute atomic E-state index is 0.0487. The third-order valence-electron chi connectivity index (χ3n) is 4.30. The van der Waals surface area contributed by atoms with Crippen molar-refractivity contribution in [3.8, 4) is 23.1 Å². The molecule has 0 spiro atoms. The molecule has 0 aliphatic carbocycles. The number of anilines is 1. The minimum atomic E-state index is -0.531. The van der Waals surface area contributed by atoms with Gasteiger partial charge in [-0.1, -0.05) is 12.1 Å². The van der Waals surface area contributed by atoms with Crippen LogP contribution in [-0.2, 0) is 0 Å². The van der Waals surface area contributed by atoms with E-state index >= 15 is 0 Å². The maximum absolute atomic E-state index is 11.1.